The van der Waals surface area contributed by atoms with Gasteiger partial charge in [-0.15, -0.1) is 0 Å². The quantitative estimate of drug-likeness (QED) is 0.286. The normalized spacial score (nSPS) is 58.2. The van der Waals surface area contributed by atoms with Gasteiger partial charge in [-0.1, -0.05) is 15.9 Å². The fourth-order valence-corrected chi connectivity index (χ4v) is 8.92. The number of cyclic esters (lactones) is 2. The summed E-state index contributed by atoms with van der Waals surface area (Å²) in [6.45, 7) is 3.22. The number of esters is 2. The van der Waals surface area contributed by atoms with Gasteiger partial charge in [0.15, 0.2) is 0 Å². The maximum absolute atomic E-state index is 12.5. The van der Waals surface area contributed by atoms with Gasteiger partial charge in [-0.25, -0.2) is 9.59 Å². The van der Waals surface area contributed by atoms with Crippen LogP contribution < -0.4 is 0 Å². The average molecular weight is 365 g/mol. The molecule has 0 N–H and O–H groups in total. The Morgan fingerprint density at radius 2 is 1.59 bits per heavy atom. The SMILES string of the molecule is CC1(C)OC(=O)C(=C2[C@@H]3C4CC5C3[C@@H]3[C@H](Br)[C@H]5C4[C@H]23)C(=O)O1. The minimum absolute atomic E-state index is 0.247. The number of carbonyl (C=O) groups is 2. The molecule has 7 aliphatic rings. The molecule has 116 valence electrons. The molecule has 1 saturated heterocycles. The third-order valence-electron chi connectivity index (χ3n) is 7.45. The van der Waals surface area contributed by atoms with E-state index in [-0.39, 0.29) is 5.57 Å². The van der Waals surface area contributed by atoms with E-state index in [1.54, 1.807) is 13.8 Å². The molecule has 7 fully saturated rings. The van der Waals surface area contributed by atoms with Crippen molar-refractivity contribution >= 4 is 27.9 Å². The van der Waals surface area contributed by atoms with Crippen molar-refractivity contribution in [2.75, 3.05) is 0 Å². The zero-order valence-corrected chi connectivity index (χ0v) is 14.0. The maximum atomic E-state index is 12.5. The van der Waals surface area contributed by atoms with Gasteiger partial charge in [-0.2, -0.15) is 0 Å². The molecule has 9 atom stereocenters. The summed E-state index contributed by atoms with van der Waals surface area (Å²) in [5, 5.41) is 0. The van der Waals surface area contributed by atoms with Crippen LogP contribution in [0, 0.1) is 47.3 Å². The first-order chi connectivity index (χ1) is 10.4. The molecule has 0 aromatic heterocycles. The van der Waals surface area contributed by atoms with Crippen LogP contribution in [-0.4, -0.2) is 22.6 Å². The second kappa shape index (κ2) is 3.33. The highest BCUT2D eigenvalue weighted by atomic mass is 79.9. The summed E-state index contributed by atoms with van der Waals surface area (Å²) in [7, 11) is 0. The Morgan fingerprint density at radius 1 is 0.955 bits per heavy atom. The standard InChI is InChI=1S/C17H17BrO4/c1-17(2)21-15(19)13(16(20)22-17)11-6-4-3-5-7(6)12-10(11)8(4)9(5)14(12)18/h4-10,12,14H,3H2,1-2H3/t4?,5?,6-,7?,8?,9-,10-,12+,14-/m1/s1. The van der Waals surface area contributed by atoms with Crippen LogP contribution in [0.1, 0.15) is 20.3 Å². The number of hydrogen-bond donors (Lipinski definition) is 0. The lowest BCUT2D eigenvalue weighted by Gasteiger charge is -2.32. The van der Waals surface area contributed by atoms with Crippen LogP contribution in [0.2, 0.25) is 0 Å². The van der Waals surface area contributed by atoms with Crippen molar-refractivity contribution in [1.82, 2.24) is 0 Å². The Kier molecular flexibility index (Phi) is 1.90. The monoisotopic (exact) mass is 364 g/mol. The molecule has 0 aromatic carbocycles. The molecule has 0 amide bonds. The van der Waals surface area contributed by atoms with Crippen LogP contribution in [0.3, 0.4) is 0 Å². The average Bonchev–Trinajstić information content (AvgIpc) is 3.10. The molecule has 0 radical (unpaired) electrons. The third-order valence-corrected chi connectivity index (χ3v) is 8.67. The van der Waals surface area contributed by atoms with E-state index in [0.29, 0.717) is 40.3 Å². The predicted octanol–water partition coefficient (Wildman–Crippen LogP) is 2.27. The molecule has 6 aliphatic carbocycles. The molecule has 6 bridgehead atoms. The van der Waals surface area contributed by atoms with Crippen molar-refractivity contribution in [1.29, 1.82) is 0 Å². The lowest BCUT2D eigenvalue weighted by Crippen LogP contribution is -2.42. The Balaban J connectivity index is 1.54. The van der Waals surface area contributed by atoms with Crippen LogP contribution in [0.5, 0.6) is 0 Å². The van der Waals surface area contributed by atoms with E-state index in [9.17, 15) is 9.59 Å². The van der Waals surface area contributed by atoms with E-state index in [2.05, 4.69) is 15.9 Å². The molecule has 5 heteroatoms. The molecular formula is C17H17BrO4. The zero-order valence-electron chi connectivity index (χ0n) is 12.4. The molecule has 1 aliphatic heterocycles. The van der Waals surface area contributed by atoms with Gasteiger partial charge in [0.1, 0.15) is 5.57 Å². The first-order valence-electron chi connectivity index (χ1n) is 8.25. The summed E-state index contributed by atoms with van der Waals surface area (Å²) in [6, 6.07) is 0. The van der Waals surface area contributed by atoms with Crippen LogP contribution in [-0.2, 0) is 19.1 Å². The summed E-state index contributed by atoms with van der Waals surface area (Å²) in [4.78, 5) is 25.6. The van der Waals surface area contributed by atoms with Crippen LogP contribution in [0.4, 0.5) is 0 Å². The zero-order chi connectivity index (χ0) is 15.1. The molecule has 7 rings (SSSR count). The van der Waals surface area contributed by atoms with Crippen molar-refractivity contribution in [3.63, 3.8) is 0 Å². The molecule has 6 saturated carbocycles. The summed E-state index contributed by atoms with van der Waals surface area (Å²) >= 11 is 3.93. The molecule has 1 heterocycles. The molecular weight excluding hydrogens is 348 g/mol. The third kappa shape index (κ3) is 1.06. The number of carbonyl (C=O) groups excluding carboxylic acids is 2. The van der Waals surface area contributed by atoms with Crippen molar-refractivity contribution in [2.24, 2.45) is 47.3 Å². The van der Waals surface area contributed by atoms with E-state index in [1.165, 1.54) is 6.42 Å². The lowest BCUT2D eigenvalue weighted by atomic mass is 9.71. The molecule has 22 heavy (non-hydrogen) atoms. The van der Waals surface area contributed by atoms with E-state index in [0.717, 1.165) is 17.4 Å². The number of alkyl halides is 1. The highest BCUT2D eigenvalue weighted by Crippen LogP contribution is 2.85. The first-order valence-corrected chi connectivity index (χ1v) is 9.17. The number of rotatable bonds is 0. The van der Waals surface area contributed by atoms with Gasteiger partial charge >= 0.3 is 11.9 Å². The van der Waals surface area contributed by atoms with E-state index < -0.39 is 17.7 Å². The predicted molar refractivity (Wildman–Crippen MR) is 78.5 cm³/mol. The largest absolute Gasteiger partial charge is 0.419 e. The smallest absolute Gasteiger partial charge is 0.348 e. The van der Waals surface area contributed by atoms with Gasteiger partial charge in [0, 0.05) is 18.7 Å². The van der Waals surface area contributed by atoms with Crippen molar-refractivity contribution < 1.29 is 19.1 Å². The molecule has 4 unspecified atom stereocenters. The number of halogens is 1. The highest BCUT2D eigenvalue weighted by Gasteiger charge is 2.82. The maximum Gasteiger partial charge on any atom is 0.348 e. The van der Waals surface area contributed by atoms with Crippen LogP contribution in [0.25, 0.3) is 0 Å². The number of allylic oxidation sites excluding steroid dienone is 1. The van der Waals surface area contributed by atoms with Gasteiger partial charge < -0.3 is 9.47 Å². The van der Waals surface area contributed by atoms with Gasteiger partial charge in [0.25, 0.3) is 5.79 Å². The van der Waals surface area contributed by atoms with E-state index in [1.807, 2.05) is 0 Å². The fraction of sp³-hybridized carbons (Fsp3) is 0.765. The summed E-state index contributed by atoms with van der Waals surface area (Å²) in [5.41, 5.74) is 1.36. The fourth-order valence-electron chi connectivity index (χ4n) is 7.49. The minimum atomic E-state index is -1.14. The van der Waals surface area contributed by atoms with E-state index in [4.69, 9.17) is 9.47 Å². The van der Waals surface area contributed by atoms with E-state index >= 15 is 0 Å². The molecule has 0 spiro atoms. The number of hydrogen-bond acceptors (Lipinski definition) is 4. The van der Waals surface area contributed by atoms with Crippen molar-refractivity contribution in [2.45, 2.75) is 30.9 Å². The summed E-state index contributed by atoms with van der Waals surface area (Å²) in [5.74, 6) is 3.08. The summed E-state index contributed by atoms with van der Waals surface area (Å²) < 4.78 is 10.7. The van der Waals surface area contributed by atoms with Gasteiger partial charge in [0.05, 0.1) is 0 Å². The van der Waals surface area contributed by atoms with Crippen LogP contribution in [0.15, 0.2) is 11.1 Å². The Bertz CT molecular complexity index is 671. The highest BCUT2D eigenvalue weighted by molar-refractivity contribution is 9.09. The Labute approximate surface area is 136 Å². The van der Waals surface area contributed by atoms with Gasteiger partial charge in [0.2, 0.25) is 0 Å². The van der Waals surface area contributed by atoms with Gasteiger partial charge in [-0.3, -0.25) is 0 Å². The second-order valence-corrected chi connectivity index (χ2v) is 9.44. The first kappa shape index (κ1) is 12.6. The minimum Gasteiger partial charge on any atom is -0.419 e. The van der Waals surface area contributed by atoms with Crippen molar-refractivity contribution in [3.05, 3.63) is 11.1 Å². The molecule has 0 aromatic rings. The van der Waals surface area contributed by atoms with Crippen LogP contribution >= 0.6 is 15.9 Å². The van der Waals surface area contributed by atoms with Crippen molar-refractivity contribution in [3.8, 4) is 0 Å². The molecule has 4 nitrogen and oxygen atoms in total. The summed E-state index contributed by atoms with van der Waals surface area (Å²) in [6.07, 6.45) is 1.30. The Hall–Kier alpha value is -0.840. The second-order valence-electron chi connectivity index (χ2n) is 8.38. The Morgan fingerprint density at radius 3 is 2.23 bits per heavy atom. The number of ether oxygens (including phenoxy) is 2. The van der Waals surface area contributed by atoms with Gasteiger partial charge in [-0.05, 0) is 59.3 Å². The topological polar surface area (TPSA) is 52.6 Å². The lowest BCUT2D eigenvalue weighted by molar-refractivity contribution is -0.222.